The number of aryl methyl sites for hydroxylation is 1. The lowest BCUT2D eigenvalue weighted by atomic mass is 10.0. The Balaban J connectivity index is 1.60. The molecular formula is C25H25FO4. The Morgan fingerprint density at radius 1 is 0.967 bits per heavy atom. The number of benzene rings is 3. The Hall–Kier alpha value is -3.34. The number of carbonyl (C=O) groups is 1. The molecule has 156 valence electrons. The third kappa shape index (κ3) is 6.08. The molecule has 3 aromatic carbocycles. The van der Waals surface area contributed by atoms with Crippen LogP contribution in [0.5, 0.6) is 17.2 Å². The zero-order chi connectivity index (χ0) is 21.5. The first-order valence-electron chi connectivity index (χ1n) is 9.90. The van der Waals surface area contributed by atoms with E-state index in [2.05, 4.69) is 26.0 Å². The molecule has 0 heterocycles. The van der Waals surface area contributed by atoms with Crippen LogP contribution in [0, 0.1) is 5.82 Å². The highest BCUT2D eigenvalue weighted by atomic mass is 19.1. The number of halogens is 1. The van der Waals surface area contributed by atoms with Crippen LogP contribution in [0.3, 0.4) is 0 Å². The Morgan fingerprint density at radius 3 is 2.40 bits per heavy atom. The molecule has 0 aliphatic heterocycles. The summed E-state index contributed by atoms with van der Waals surface area (Å²) in [6.07, 6.45) is 0.247. The number of rotatable bonds is 9. The van der Waals surface area contributed by atoms with E-state index in [1.54, 1.807) is 6.07 Å². The van der Waals surface area contributed by atoms with Crippen molar-refractivity contribution in [2.24, 2.45) is 0 Å². The lowest BCUT2D eigenvalue weighted by Gasteiger charge is -2.11. The van der Waals surface area contributed by atoms with Crippen LogP contribution in [0.2, 0.25) is 0 Å². The molecule has 0 bridgehead atoms. The third-order valence-corrected chi connectivity index (χ3v) is 4.70. The van der Waals surface area contributed by atoms with Gasteiger partial charge in [0.15, 0.2) is 11.6 Å². The van der Waals surface area contributed by atoms with Gasteiger partial charge in [-0.1, -0.05) is 44.2 Å². The fourth-order valence-corrected chi connectivity index (χ4v) is 2.98. The van der Waals surface area contributed by atoms with E-state index >= 15 is 0 Å². The first-order chi connectivity index (χ1) is 14.4. The van der Waals surface area contributed by atoms with Gasteiger partial charge in [-0.15, -0.1) is 0 Å². The number of hydrogen-bond acceptors (Lipinski definition) is 3. The zero-order valence-corrected chi connectivity index (χ0v) is 17.1. The molecule has 0 amide bonds. The standard InChI is InChI=1S/C25H25FO4/c1-17(2)20-8-10-21(11-9-20)30-22-5-3-4-19(14-22)16-29-24-12-6-18(15-23(24)26)7-13-25(27)28/h3-6,8-12,14-15,17H,7,13,16H2,1-2H3,(H,27,28). The van der Waals surface area contributed by atoms with Crippen LogP contribution in [0.4, 0.5) is 4.39 Å². The Kier molecular flexibility index (Phi) is 7.07. The number of aliphatic carboxylic acids is 1. The normalized spacial score (nSPS) is 10.8. The Labute approximate surface area is 175 Å². The molecule has 0 saturated carbocycles. The monoisotopic (exact) mass is 408 g/mol. The van der Waals surface area contributed by atoms with Gasteiger partial charge in [0, 0.05) is 6.42 Å². The number of carboxylic acid groups (broad SMARTS) is 1. The zero-order valence-electron chi connectivity index (χ0n) is 17.1. The van der Waals surface area contributed by atoms with Gasteiger partial charge in [0.05, 0.1) is 0 Å². The minimum atomic E-state index is -0.909. The summed E-state index contributed by atoms with van der Waals surface area (Å²) in [5.74, 6) is 0.610. The summed E-state index contributed by atoms with van der Waals surface area (Å²) in [7, 11) is 0. The minimum absolute atomic E-state index is 0.0351. The third-order valence-electron chi connectivity index (χ3n) is 4.70. The van der Waals surface area contributed by atoms with E-state index in [1.165, 1.54) is 17.7 Å². The van der Waals surface area contributed by atoms with Crippen molar-refractivity contribution in [3.8, 4) is 17.2 Å². The Bertz CT molecular complexity index is 996. The van der Waals surface area contributed by atoms with E-state index in [0.29, 0.717) is 17.2 Å². The molecule has 0 aromatic heterocycles. The van der Waals surface area contributed by atoms with E-state index in [0.717, 1.165) is 11.3 Å². The minimum Gasteiger partial charge on any atom is -0.486 e. The quantitative estimate of drug-likeness (QED) is 0.449. The van der Waals surface area contributed by atoms with Crippen LogP contribution in [-0.4, -0.2) is 11.1 Å². The maximum Gasteiger partial charge on any atom is 0.303 e. The van der Waals surface area contributed by atoms with Crippen LogP contribution < -0.4 is 9.47 Å². The second-order valence-electron chi connectivity index (χ2n) is 7.42. The van der Waals surface area contributed by atoms with Crippen molar-refractivity contribution in [1.29, 1.82) is 0 Å². The first kappa shape index (κ1) is 21.4. The predicted molar refractivity (Wildman–Crippen MR) is 114 cm³/mol. The molecule has 30 heavy (non-hydrogen) atoms. The van der Waals surface area contributed by atoms with Gasteiger partial charge in [0.1, 0.15) is 18.1 Å². The maximum atomic E-state index is 14.2. The van der Waals surface area contributed by atoms with Crippen molar-refractivity contribution < 1.29 is 23.8 Å². The molecule has 0 aliphatic rings. The molecule has 4 nitrogen and oxygen atoms in total. The van der Waals surface area contributed by atoms with Gasteiger partial charge in [0.25, 0.3) is 0 Å². The van der Waals surface area contributed by atoms with E-state index in [-0.39, 0.29) is 25.2 Å². The first-order valence-corrected chi connectivity index (χ1v) is 9.90. The summed E-state index contributed by atoms with van der Waals surface area (Å²) < 4.78 is 25.8. The molecule has 1 N–H and O–H groups in total. The lowest BCUT2D eigenvalue weighted by Crippen LogP contribution is -2.00. The second kappa shape index (κ2) is 9.92. The van der Waals surface area contributed by atoms with Crippen molar-refractivity contribution in [2.45, 2.75) is 39.2 Å². The molecule has 0 saturated heterocycles. The molecule has 3 aromatic rings. The van der Waals surface area contributed by atoms with Gasteiger partial charge in [-0.05, 0) is 65.4 Å². The summed E-state index contributed by atoms with van der Waals surface area (Å²) in [6, 6.07) is 20.0. The van der Waals surface area contributed by atoms with Crippen molar-refractivity contribution in [1.82, 2.24) is 0 Å². The average Bonchev–Trinajstić information content (AvgIpc) is 2.72. The summed E-state index contributed by atoms with van der Waals surface area (Å²) >= 11 is 0. The van der Waals surface area contributed by atoms with Gasteiger partial charge in [-0.3, -0.25) is 4.79 Å². The molecule has 3 rings (SSSR count). The summed E-state index contributed by atoms with van der Waals surface area (Å²) in [5.41, 5.74) is 2.72. The average molecular weight is 408 g/mol. The highest BCUT2D eigenvalue weighted by Gasteiger charge is 2.08. The van der Waals surface area contributed by atoms with Crippen molar-refractivity contribution in [3.63, 3.8) is 0 Å². The highest BCUT2D eigenvalue weighted by Crippen LogP contribution is 2.26. The van der Waals surface area contributed by atoms with E-state index in [4.69, 9.17) is 14.6 Å². The summed E-state index contributed by atoms with van der Waals surface area (Å²) in [6.45, 7) is 4.48. The van der Waals surface area contributed by atoms with Gasteiger partial charge >= 0.3 is 5.97 Å². The summed E-state index contributed by atoms with van der Waals surface area (Å²) in [5, 5.41) is 8.73. The molecule has 0 fully saturated rings. The van der Waals surface area contributed by atoms with Gasteiger partial charge in [0.2, 0.25) is 0 Å². The number of ether oxygens (including phenoxy) is 2. The lowest BCUT2D eigenvalue weighted by molar-refractivity contribution is -0.136. The topological polar surface area (TPSA) is 55.8 Å². The van der Waals surface area contributed by atoms with Crippen molar-refractivity contribution in [3.05, 3.63) is 89.2 Å². The van der Waals surface area contributed by atoms with Crippen molar-refractivity contribution in [2.75, 3.05) is 0 Å². The van der Waals surface area contributed by atoms with Crippen molar-refractivity contribution >= 4 is 5.97 Å². The predicted octanol–water partition coefficient (Wildman–Crippen LogP) is 6.34. The van der Waals surface area contributed by atoms with E-state index in [1.807, 2.05) is 36.4 Å². The molecule has 0 radical (unpaired) electrons. The van der Waals surface area contributed by atoms with Gasteiger partial charge in [-0.25, -0.2) is 4.39 Å². The van der Waals surface area contributed by atoms with Crippen LogP contribution in [0.1, 0.15) is 42.9 Å². The van der Waals surface area contributed by atoms with Crippen LogP contribution >= 0.6 is 0 Å². The molecular weight excluding hydrogens is 383 g/mol. The number of hydrogen-bond donors (Lipinski definition) is 1. The van der Waals surface area contributed by atoms with Crippen LogP contribution in [0.15, 0.2) is 66.7 Å². The Morgan fingerprint density at radius 2 is 1.73 bits per heavy atom. The smallest absolute Gasteiger partial charge is 0.303 e. The molecule has 0 aliphatic carbocycles. The fraction of sp³-hybridized carbons (Fsp3) is 0.240. The molecule has 0 atom stereocenters. The maximum absolute atomic E-state index is 14.2. The molecule has 0 unspecified atom stereocenters. The van der Waals surface area contributed by atoms with Gasteiger partial charge < -0.3 is 14.6 Å². The highest BCUT2D eigenvalue weighted by molar-refractivity contribution is 5.67. The van der Waals surface area contributed by atoms with Crippen LogP contribution in [0.25, 0.3) is 0 Å². The number of carboxylic acids is 1. The molecule has 5 heteroatoms. The SMILES string of the molecule is CC(C)c1ccc(Oc2cccc(COc3ccc(CCC(=O)O)cc3F)c2)cc1. The molecule has 0 spiro atoms. The second-order valence-corrected chi connectivity index (χ2v) is 7.42. The summed E-state index contributed by atoms with van der Waals surface area (Å²) in [4.78, 5) is 10.6. The van der Waals surface area contributed by atoms with E-state index in [9.17, 15) is 9.18 Å². The largest absolute Gasteiger partial charge is 0.486 e. The fourth-order valence-electron chi connectivity index (χ4n) is 2.98. The van der Waals surface area contributed by atoms with Gasteiger partial charge in [-0.2, -0.15) is 0 Å². The van der Waals surface area contributed by atoms with Crippen LogP contribution in [-0.2, 0) is 17.8 Å². The van der Waals surface area contributed by atoms with E-state index < -0.39 is 11.8 Å².